The van der Waals surface area contributed by atoms with Gasteiger partial charge in [0.15, 0.2) is 5.65 Å². The van der Waals surface area contributed by atoms with Gasteiger partial charge in [0.05, 0.1) is 11.0 Å². The van der Waals surface area contributed by atoms with E-state index in [4.69, 9.17) is 14.9 Å². The van der Waals surface area contributed by atoms with Crippen LogP contribution in [0, 0.1) is 11.3 Å². The summed E-state index contributed by atoms with van der Waals surface area (Å²) in [5.74, 6) is 1.19. The van der Waals surface area contributed by atoms with E-state index in [1.165, 1.54) is 11.4 Å². The fourth-order valence-corrected chi connectivity index (χ4v) is 4.97. The minimum atomic E-state index is -0.250. The molecule has 1 fully saturated rings. The van der Waals surface area contributed by atoms with E-state index in [0.717, 1.165) is 53.7 Å². The number of benzene rings is 2. The van der Waals surface area contributed by atoms with Crippen molar-refractivity contribution in [2.45, 2.75) is 25.8 Å². The third-order valence-corrected chi connectivity index (χ3v) is 6.54. The largest absolute Gasteiger partial charge is 0.483 e. The molecule has 0 saturated carbocycles. The number of aromatic nitrogens is 2. The quantitative estimate of drug-likeness (QED) is 0.458. The van der Waals surface area contributed by atoms with Crippen LogP contribution in [-0.4, -0.2) is 59.1 Å². The summed E-state index contributed by atoms with van der Waals surface area (Å²) in [5, 5.41) is 17.2. The molecule has 1 aliphatic heterocycles. The molecule has 1 atom stereocenters. The Morgan fingerprint density at radius 1 is 1.18 bits per heavy atom. The van der Waals surface area contributed by atoms with E-state index < -0.39 is 0 Å². The van der Waals surface area contributed by atoms with Crippen LogP contribution < -0.4 is 4.90 Å². The number of nitrogens with zero attached hydrogens (tertiary/aromatic N) is 5. The molecule has 5 rings (SSSR count). The van der Waals surface area contributed by atoms with E-state index >= 15 is 0 Å². The Labute approximate surface area is 199 Å². The number of anilines is 1. The Hall–Kier alpha value is -3.89. The number of para-hydroxylation sites is 2. The highest BCUT2D eigenvalue weighted by Crippen LogP contribution is 2.40. The molecule has 0 amide bonds. The number of carbonyl (C=O) groups is 1. The number of hydrogen-bond donors (Lipinski definition) is 1. The van der Waals surface area contributed by atoms with Crippen LogP contribution in [0.15, 0.2) is 54.6 Å². The van der Waals surface area contributed by atoms with E-state index in [1.807, 2.05) is 30.3 Å². The van der Waals surface area contributed by atoms with Crippen molar-refractivity contribution in [1.29, 1.82) is 5.26 Å². The lowest BCUT2D eigenvalue weighted by Crippen LogP contribution is -2.32. The van der Waals surface area contributed by atoms with E-state index in [1.54, 1.807) is 0 Å². The minimum Gasteiger partial charge on any atom is -0.483 e. The first kappa shape index (κ1) is 23.3. The number of rotatable bonds is 4. The molecule has 4 aromatic rings. The van der Waals surface area contributed by atoms with E-state index in [0.29, 0.717) is 11.6 Å². The topological polar surface area (TPSA) is 84.9 Å². The Bertz CT molecular complexity index is 1350. The third-order valence-electron chi connectivity index (χ3n) is 6.54. The molecule has 2 aromatic carbocycles. The van der Waals surface area contributed by atoms with Crippen molar-refractivity contribution in [2.75, 3.05) is 32.1 Å². The van der Waals surface area contributed by atoms with Gasteiger partial charge in [-0.05, 0) is 44.6 Å². The van der Waals surface area contributed by atoms with Gasteiger partial charge in [0.25, 0.3) is 6.47 Å². The van der Waals surface area contributed by atoms with Gasteiger partial charge >= 0.3 is 0 Å². The predicted molar refractivity (Wildman–Crippen MR) is 135 cm³/mol. The Morgan fingerprint density at radius 3 is 2.47 bits per heavy atom. The van der Waals surface area contributed by atoms with E-state index in [2.05, 4.69) is 65.6 Å². The molecule has 0 bridgehead atoms. The molecule has 3 heterocycles. The van der Waals surface area contributed by atoms with E-state index in [9.17, 15) is 5.26 Å². The first-order valence-corrected chi connectivity index (χ1v) is 11.5. The van der Waals surface area contributed by atoms with Gasteiger partial charge < -0.3 is 14.9 Å². The maximum absolute atomic E-state index is 10.3. The second kappa shape index (κ2) is 9.94. The molecule has 0 spiro atoms. The highest BCUT2D eigenvalue weighted by molar-refractivity contribution is 5.92. The second-order valence-corrected chi connectivity index (χ2v) is 8.60. The zero-order valence-electron chi connectivity index (χ0n) is 19.8. The molecular weight excluding hydrogens is 426 g/mol. The SMILES string of the molecule is CCc1c(-c2ccccc2)c(C#N)c2nc3ccccc3n2c1N1CC[C@H](N(C)C)C1.O=CO. The number of hydrogen-bond acceptors (Lipinski definition) is 5. The summed E-state index contributed by atoms with van der Waals surface area (Å²) >= 11 is 0. The van der Waals surface area contributed by atoms with Crippen LogP contribution in [0.4, 0.5) is 5.82 Å². The molecule has 7 heteroatoms. The lowest BCUT2D eigenvalue weighted by molar-refractivity contribution is -0.122. The van der Waals surface area contributed by atoms with Crippen molar-refractivity contribution in [3.8, 4) is 17.2 Å². The van der Waals surface area contributed by atoms with Gasteiger partial charge in [0.2, 0.25) is 0 Å². The monoisotopic (exact) mass is 455 g/mol. The Balaban J connectivity index is 0.000000868. The Kier molecular flexibility index (Phi) is 6.80. The lowest BCUT2D eigenvalue weighted by atomic mass is 9.94. The minimum absolute atomic E-state index is 0.250. The fourth-order valence-electron chi connectivity index (χ4n) is 4.97. The van der Waals surface area contributed by atoms with Crippen LogP contribution in [0.25, 0.3) is 27.8 Å². The van der Waals surface area contributed by atoms with Gasteiger partial charge in [-0.25, -0.2) is 4.98 Å². The Morgan fingerprint density at radius 2 is 1.85 bits per heavy atom. The molecule has 7 nitrogen and oxygen atoms in total. The number of fused-ring (bicyclic) bond motifs is 3. The predicted octanol–water partition coefficient (Wildman–Crippen LogP) is 4.43. The first-order valence-electron chi connectivity index (χ1n) is 11.5. The number of pyridine rings is 1. The van der Waals surface area contributed by atoms with Gasteiger partial charge in [-0.3, -0.25) is 9.20 Å². The zero-order valence-corrected chi connectivity index (χ0v) is 19.8. The maximum Gasteiger partial charge on any atom is 0.290 e. The smallest absolute Gasteiger partial charge is 0.290 e. The summed E-state index contributed by atoms with van der Waals surface area (Å²) in [6.07, 6.45) is 1.98. The molecule has 1 aliphatic rings. The summed E-state index contributed by atoms with van der Waals surface area (Å²) in [5.41, 5.74) is 6.72. The second-order valence-electron chi connectivity index (χ2n) is 8.60. The summed E-state index contributed by atoms with van der Waals surface area (Å²) < 4.78 is 2.23. The molecule has 2 aromatic heterocycles. The molecule has 0 radical (unpaired) electrons. The van der Waals surface area contributed by atoms with Crippen LogP contribution in [0.2, 0.25) is 0 Å². The summed E-state index contributed by atoms with van der Waals surface area (Å²) in [6.45, 7) is 3.91. The molecule has 0 unspecified atom stereocenters. The summed E-state index contributed by atoms with van der Waals surface area (Å²) in [7, 11) is 4.32. The standard InChI is InChI=1S/C26H27N5.CH2O2/c1-4-20-24(18-10-6-5-7-11-18)21(16-27)25-28-22-12-8-9-13-23(22)31(25)26(20)30-15-14-19(17-30)29(2)3;2-1-3/h5-13,19H,4,14-15,17H2,1-3H3;1H,(H,2,3)/t19-;/m0./s1. The average Bonchev–Trinajstić information content (AvgIpc) is 3.49. The number of carboxylic acid groups (broad SMARTS) is 1. The van der Waals surface area contributed by atoms with Crippen molar-refractivity contribution in [2.24, 2.45) is 0 Å². The normalized spacial score (nSPS) is 15.4. The third kappa shape index (κ3) is 3.97. The van der Waals surface area contributed by atoms with E-state index in [-0.39, 0.29) is 6.47 Å². The number of imidazole rings is 1. The highest BCUT2D eigenvalue weighted by Gasteiger charge is 2.31. The van der Waals surface area contributed by atoms with Crippen molar-refractivity contribution < 1.29 is 9.90 Å². The summed E-state index contributed by atoms with van der Waals surface area (Å²) in [6, 6.07) is 21.5. The van der Waals surface area contributed by atoms with Crippen LogP contribution in [0.1, 0.15) is 24.5 Å². The van der Waals surface area contributed by atoms with Crippen molar-refractivity contribution in [1.82, 2.24) is 14.3 Å². The van der Waals surface area contributed by atoms with Gasteiger partial charge in [0, 0.05) is 30.3 Å². The molecule has 1 N–H and O–H groups in total. The first-order chi connectivity index (χ1) is 16.5. The maximum atomic E-state index is 10.3. The van der Waals surface area contributed by atoms with Crippen LogP contribution in [0.3, 0.4) is 0 Å². The lowest BCUT2D eigenvalue weighted by Gasteiger charge is -2.27. The van der Waals surface area contributed by atoms with Crippen molar-refractivity contribution in [3.05, 3.63) is 65.7 Å². The van der Waals surface area contributed by atoms with Crippen molar-refractivity contribution >= 4 is 29.0 Å². The number of nitriles is 1. The van der Waals surface area contributed by atoms with Gasteiger partial charge in [0.1, 0.15) is 17.5 Å². The van der Waals surface area contributed by atoms with Crippen LogP contribution in [0.5, 0.6) is 0 Å². The van der Waals surface area contributed by atoms with Crippen LogP contribution >= 0.6 is 0 Å². The molecule has 174 valence electrons. The van der Waals surface area contributed by atoms with Gasteiger partial charge in [-0.15, -0.1) is 0 Å². The zero-order chi connectivity index (χ0) is 24.2. The molecular formula is C27H29N5O2. The fraction of sp³-hybridized carbons (Fsp3) is 0.296. The average molecular weight is 456 g/mol. The van der Waals surface area contributed by atoms with Gasteiger partial charge in [-0.2, -0.15) is 5.26 Å². The van der Waals surface area contributed by atoms with Crippen molar-refractivity contribution in [3.63, 3.8) is 0 Å². The molecule has 1 saturated heterocycles. The highest BCUT2D eigenvalue weighted by atomic mass is 16.3. The molecule has 0 aliphatic carbocycles. The van der Waals surface area contributed by atoms with Crippen LogP contribution in [-0.2, 0) is 11.2 Å². The molecule has 34 heavy (non-hydrogen) atoms. The van der Waals surface area contributed by atoms with Gasteiger partial charge in [-0.1, -0.05) is 49.4 Å². The number of likely N-dealkylation sites (N-methyl/N-ethyl adjacent to an activating group) is 1. The summed E-state index contributed by atoms with van der Waals surface area (Å²) in [4.78, 5) is 18.1.